The maximum Gasteiger partial charge on any atom is 0.142 e. The van der Waals surface area contributed by atoms with Crippen molar-refractivity contribution in [2.24, 2.45) is 10.2 Å². The minimum absolute atomic E-state index is 0.133. The predicted octanol–water partition coefficient (Wildman–Crippen LogP) is 4.53. The van der Waals surface area contributed by atoms with E-state index in [9.17, 15) is 4.39 Å². The molecule has 0 amide bonds. The normalized spacial score (nSPS) is 13.1. The van der Waals surface area contributed by atoms with Crippen molar-refractivity contribution in [3.8, 4) is 0 Å². The van der Waals surface area contributed by atoms with E-state index in [1.807, 2.05) is 20.8 Å². The highest BCUT2D eigenvalue weighted by atomic mass is 19.1. The largest absolute Gasteiger partial charge is 0.361 e. The zero-order chi connectivity index (χ0) is 13.8. The molecule has 0 radical (unpaired) electrons. The molecule has 0 aliphatic carbocycles. The summed E-state index contributed by atoms with van der Waals surface area (Å²) in [6, 6.07) is 5.77. The number of benzene rings is 1. The fourth-order valence-corrected chi connectivity index (χ4v) is 1.93. The van der Waals surface area contributed by atoms with Crippen LogP contribution in [0, 0.1) is 12.7 Å². The first kappa shape index (κ1) is 13.4. The van der Waals surface area contributed by atoms with Crippen LogP contribution in [0.15, 0.2) is 39.0 Å². The molecule has 0 aliphatic rings. The molecule has 5 heteroatoms. The molecule has 0 saturated heterocycles. The third-order valence-corrected chi connectivity index (χ3v) is 2.89. The van der Waals surface area contributed by atoms with Gasteiger partial charge in [0, 0.05) is 12.0 Å². The number of hydrogen-bond donors (Lipinski definition) is 0. The van der Waals surface area contributed by atoms with Gasteiger partial charge in [0.05, 0.1) is 17.4 Å². The molecule has 2 aromatic rings. The molecule has 19 heavy (non-hydrogen) atoms. The van der Waals surface area contributed by atoms with Gasteiger partial charge >= 0.3 is 0 Å². The first-order valence-corrected chi connectivity index (χ1v) is 6.23. The number of rotatable bonds is 4. The Kier molecular flexibility index (Phi) is 4.04. The minimum atomic E-state index is -0.282. The Morgan fingerprint density at radius 1 is 1.32 bits per heavy atom. The fraction of sp³-hybridized carbons (Fsp3) is 0.357. The number of halogens is 1. The van der Waals surface area contributed by atoms with Crippen LogP contribution in [0.25, 0.3) is 0 Å². The quantitative estimate of drug-likeness (QED) is 0.759. The summed E-state index contributed by atoms with van der Waals surface area (Å²) in [6.45, 7) is 5.83. The van der Waals surface area contributed by atoms with E-state index < -0.39 is 0 Å². The van der Waals surface area contributed by atoms with E-state index in [0.29, 0.717) is 5.69 Å². The second-order valence-corrected chi connectivity index (χ2v) is 4.33. The molecule has 0 aliphatic heterocycles. The lowest BCUT2D eigenvalue weighted by Crippen LogP contribution is -1.94. The summed E-state index contributed by atoms with van der Waals surface area (Å²) in [5.74, 6) is 0.554. The summed E-state index contributed by atoms with van der Waals surface area (Å²) < 4.78 is 18.0. The average Bonchev–Trinajstić information content (AvgIpc) is 2.79. The second-order valence-electron chi connectivity index (χ2n) is 4.33. The smallest absolute Gasteiger partial charge is 0.142 e. The monoisotopic (exact) mass is 261 g/mol. The predicted molar refractivity (Wildman–Crippen MR) is 69.9 cm³/mol. The molecule has 0 fully saturated rings. The van der Waals surface area contributed by atoms with Crippen molar-refractivity contribution in [3.63, 3.8) is 0 Å². The van der Waals surface area contributed by atoms with Crippen LogP contribution in [-0.4, -0.2) is 5.16 Å². The maximum absolute atomic E-state index is 12.8. The molecule has 1 aromatic heterocycles. The molecule has 0 N–H and O–H groups in total. The number of azo groups is 1. The van der Waals surface area contributed by atoms with Crippen LogP contribution in [0.3, 0.4) is 0 Å². The molecule has 1 heterocycles. The van der Waals surface area contributed by atoms with Gasteiger partial charge in [0.1, 0.15) is 11.6 Å². The van der Waals surface area contributed by atoms with Gasteiger partial charge in [0.15, 0.2) is 0 Å². The lowest BCUT2D eigenvalue weighted by Gasteiger charge is -2.04. The topological polar surface area (TPSA) is 50.8 Å². The highest BCUT2D eigenvalue weighted by Crippen LogP contribution is 2.26. The van der Waals surface area contributed by atoms with Crippen LogP contribution in [0.1, 0.15) is 36.9 Å². The Labute approximate surface area is 111 Å². The number of hydrogen-bond acceptors (Lipinski definition) is 4. The molecule has 0 bridgehead atoms. The zero-order valence-corrected chi connectivity index (χ0v) is 11.2. The lowest BCUT2D eigenvalue weighted by atomic mass is 10.1. The van der Waals surface area contributed by atoms with E-state index in [4.69, 9.17) is 4.52 Å². The van der Waals surface area contributed by atoms with Crippen LogP contribution < -0.4 is 0 Å². The van der Waals surface area contributed by atoms with Crippen LogP contribution in [0.4, 0.5) is 10.1 Å². The highest BCUT2D eigenvalue weighted by Gasteiger charge is 2.17. The lowest BCUT2D eigenvalue weighted by molar-refractivity contribution is 0.381. The first-order valence-electron chi connectivity index (χ1n) is 6.23. The summed E-state index contributed by atoms with van der Waals surface area (Å²) in [5, 5.41) is 12.3. The van der Waals surface area contributed by atoms with Crippen LogP contribution in [0.2, 0.25) is 0 Å². The van der Waals surface area contributed by atoms with Gasteiger partial charge in [-0.15, -0.1) is 0 Å². The maximum atomic E-state index is 12.8. The Morgan fingerprint density at radius 3 is 2.63 bits per heavy atom. The highest BCUT2D eigenvalue weighted by molar-refractivity contribution is 5.35. The van der Waals surface area contributed by atoms with Crippen LogP contribution in [0.5, 0.6) is 0 Å². The number of aryl methyl sites for hydroxylation is 2. The molecule has 4 nitrogen and oxygen atoms in total. The first-order chi connectivity index (χ1) is 9.11. The van der Waals surface area contributed by atoms with Gasteiger partial charge in [0.2, 0.25) is 0 Å². The second kappa shape index (κ2) is 5.73. The summed E-state index contributed by atoms with van der Waals surface area (Å²) in [7, 11) is 0. The molecule has 1 atom stereocenters. The number of nitrogens with zero attached hydrogens (tertiary/aromatic N) is 3. The Bertz CT molecular complexity index is 575. The standard InChI is InChI=1S/C14H16FN3O/c1-4-13-14(10(3)18-19-13)9(2)16-17-12-7-5-11(15)6-8-12/h5-9H,4H2,1-3H3. The van der Waals surface area contributed by atoms with E-state index >= 15 is 0 Å². The summed E-state index contributed by atoms with van der Waals surface area (Å²) in [4.78, 5) is 0. The van der Waals surface area contributed by atoms with E-state index in [-0.39, 0.29) is 11.9 Å². The van der Waals surface area contributed by atoms with Crippen LogP contribution in [-0.2, 0) is 6.42 Å². The number of aromatic nitrogens is 1. The SMILES string of the molecule is CCc1onc(C)c1C(C)N=Nc1ccc(F)cc1. The van der Waals surface area contributed by atoms with Crippen molar-refractivity contribution in [2.45, 2.75) is 33.2 Å². The fourth-order valence-electron chi connectivity index (χ4n) is 1.93. The molecule has 100 valence electrons. The van der Waals surface area contributed by atoms with E-state index in [0.717, 1.165) is 23.4 Å². The van der Waals surface area contributed by atoms with Gasteiger partial charge in [-0.25, -0.2) is 4.39 Å². The van der Waals surface area contributed by atoms with Gasteiger partial charge < -0.3 is 4.52 Å². The molecule has 0 spiro atoms. The van der Waals surface area contributed by atoms with Crippen molar-refractivity contribution in [1.29, 1.82) is 0 Å². The molecular formula is C14H16FN3O. The van der Waals surface area contributed by atoms with Crippen molar-refractivity contribution in [3.05, 3.63) is 47.1 Å². The van der Waals surface area contributed by atoms with Gasteiger partial charge in [-0.3, -0.25) is 0 Å². The zero-order valence-electron chi connectivity index (χ0n) is 11.2. The van der Waals surface area contributed by atoms with Crippen LogP contribution >= 0.6 is 0 Å². The Hall–Kier alpha value is -2.04. The van der Waals surface area contributed by atoms with E-state index in [1.54, 1.807) is 12.1 Å². The molecular weight excluding hydrogens is 245 g/mol. The van der Waals surface area contributed by atoms with Gasteiger partial charge in [-0.2, -0.15) is 10.2 Å². The molecule has 2 rings (SSSR count). The Morgan fingerprint density at radius 2 is 2.00 bits per heavy atom. The third kappa shape index (κ3) is 3.05. The molecule has 1 unspecified atom stereocenters. The summed E-state index contributed by atoms with van der Waals surface area (Å²) in [6.07, 6.45) is 0.770. The Balaban J connectivity index is 2.18. The minimum Gasteiger partial charge on any atom is -0.361 e. The van der Waals surface area contributed by atoms with Gasteiger partial charge in [-0.05, 0) is 38.1 Å². The van der Waals surface area contributed by atoms with Crippen molar-refractivity contribution < 1.29 is 8.91 Å². The van der Waals surface area contributed by atoms with E-state index in [1.165, 1.54) is 12.1 Å². The van der Waals surface area contributed by atoms with Gasteiger partial charge in [0.25, 0.3) is 0 Å². The van der Waals surface area contributed by atoms with Gasteiger partial charge in [-0.1, -0.05) is 12.1 Å². The average molecular weight is 261 g/mol. The van der Waals surface area contributed by atoms with Crippen molar-refractivity contribution >= 4 is 5.69 Å². The molecule has 1 aromatic carbocycles. The van der Waals surface area contributed by atoms with Crippen molar-refractivity contribution in [2.75, 3.05) is 0 Å². The summed E-state index contributed by atoms with van der Waals surface area (Å²) in [5.41, 5.74) is 2.44. The van der Waals surface area contributed by atoms with Crippen molar-refractivity contribution in [1.82, 2.24) is 5.16 Å². The van der Waals surface area contributed by atoms with E-state index in [2.05, 4.69) is 15.4 Å². The third-order valence-electron chi connectivity index (χ3n) is 2.89. The molecule has 0 saturated carbocycles. The summed E-state index contributed by atoms with van der Waals surface area (Å²) >= 11 is 0.